The van der Waals surface area contributed by atoms with Crippen molar-refractivity contribution in [1.82, 2.24) is 4.90 Å². The number of nitrogens with zero attached hydrogens (tertiary/aromatic N) is 1. The first kappa shape index (κ1) is 21.6. The summed E-state index contributed by atoms with van der Waals surface area (Å²) in [5.41, 5.74) is 2.68. The van der Waals surface area contributed by atoms with Crippen molar-refractivity contribution in [1.29, 1.82) is 0 Å². The SMILES string of the molecule is COc1ccc2c3c1OC1CC(COC(=O)c4ccc(Cl)cc4Cl)C=CC31CCN(C)C2. The molecule has 5 nitrogen and oxygen atoms in total. The van der Waals surface area contributed by atoms with Crippen molar-refractivity contribution in [2.24, 2.45) is 5.92 Å². The van der Waals surface area contributed by atoms with Crippen molar-refractivity contribution in [2.75, 3.05) is 27.3 Å². The molecule has 2 aliphatic heterocycles. The van der Waals surface area contributed by atoms with E-state index in [-0.39, 0.29) is 29.1 Å². The zero-order chi connectivity index (χ0) is 22.5. The Labute approximate surface area is 197 Å². The van der Waals surface area contributed by atoms with Crippen LogP contribution in [0.2, 0.25) is 10.0 Å². The summed E-state index contributed by atoms with van der Waals surface area (Å²) in [5, 5.41) is 0.770. The molecule has 0 saturated carbocycles. The first-order valence-electron chi connectivity index (χ1n) is 10.8. The van der Waals surface area contributed by atoms with Crippen LogP contribution in [-0.4, -0.2) is 44.3 Å². The largest absolute Gasteiger partial charge is 0.493 e. The van der Waals surface area contributed by atoms with Gasteiger partial charge in [0.05, 0.1) is 29.7 Å². The van der Waals surface area contributed by atoms with Crippen LogP contribution in [0, 0.1) is 5.92 Å². The molecule has 1 spiro atoms. The van der Waals surface area contributed by atoms with E-state index in [0.29, 0.717) is 10.6 Å². The zero-order valence-corrected chi connectivity index (χ0v) is 19.6. The topological polar surface area (TPSA) is 48.0 Å². The molecule has 0 fully saturated rings. The minimum absolute atomic E-state index is 0.0214. The summed E-state index contributed by atoms with van der Waals surface area (Å²) in [5.74, 6) is 1.25. The highest BCUT2D eigenvalue weighted by atomic mass is 35.5. The van der Waals surface area contributed by atoms with Crippen LogP contribution in [0.1, 0.15) is 34.3 Å². The van der Waals surface area contributed by atoms with Crippen molar-refractivity contribution in [2.45, 2.75) is 30.9 Å². The van der Waals surface area contributed by atoms with Crippen LogP contribution in [-0.2, 0) is 16.7 Å². The maximum atomic E-state index is 12.5. The molecule has 3 aliphatic rings. The van der Waals surface area contributed by atoms with E-state index < -0.39 is 5.97 Å². The summed E-state index contributed by atoms with van der Waals surface area (Å²) in [4.78, 5) is 14.9. The lowest BCUT2D eigenvalue weighted by molar-refractivity contribution is 0.0401. The number of rotatable bonds is 4. The van der Waals surface area contributed by atoms with Gasteiger partial charge in [0.15, 0.2) is 11.5 Å². The lowest BCUT2D eigenvalue weighted by Crippen LogP contribution is -2.42. The number of hydrogen-bond acceptors (Lipinski definition) is 5. The van der Waals surface area contributed by atoms with Crippen LogP contribution in [0.15, 0.2) is 42.5 Å². The van der Waals surface area contributed by atoms with E-state index in [2.05, 4.69) is 30.2 Å². The number of ether oxygens (including phenoxy) is 3. The molecule has 5 rings (SSSR count). The number of esters is 1. The number of carbonyl (C=O) groups is 1. The molecule has 0 N–H and O–H groups in total. The van der Waals surface area contributed by atoms with E-state index in [0.717, 1.165) is 37.4 Å². The number of carbonyl (C=O) groups excluding carboxylic acids is 1. The predicted molar refractivity (Wildman–Crippen MR) is 124 cm³/mol. The van der Waals surface area contributed by atoms with Crippen molar-refractivity contribution >= 4 is 29.2 Å². The summed E-state index contributed by atoms with van der Waals surface area (Å²) < 4.78 is 17.7. The van der Waals surface area contributed by atoms with Crippen molar-refractivity contribution < 1.29 is 19.0 Å². The smallest absolute Gasteiger partial charge is 0.339 e. The van der Waals surface area contributed by atoms with E-state index in [4.69, 9.17) is 37.4 Å². The predicted octanol–water partition coefficient (Wildman–Crippen LogP) is 5.27. The van der Waals surface area contributed by atoms with Gasteiger partial charge < -0.3 is 19.1 Å². The van der Waals surface area contributed by atoms with Crippen LogP contribution in [0.25, 0.3) is 0 Å². The molecule has 7 heteroatoms. The molecule has 3 unspecified atom stereocenters. The number of hydrogen-bond donors (Lipinski definition) is 0. The van der Waals surface area contributed by atoms with Crippen LogP contribution in [0.4, 0.5) is 0 Å². The van der Waals surface area contributed by atoms with Gasteiger partial charge in [0.25, 0.3) is 0 Å². The highest BCUT2D eigenvalue weighted by molar-refractivity contribution is 6.36. The minimum Gasteiger partial charge on any atom is -0.493 e. The van der Waals surface area contributed by atoms with E-state index in [1.165, 1.54) is 11.1 Å². The highest BCUT2D eigenvalue weighted by Gasteiger charge is 2.52. The van der Waals surface area contributed by atoms with Gasteiger partial charge in [-0.2, -0.15) is 0 Å². The number of methoxy groups -OCH3 is 1. The summed E-state index contributed by atoms with van der Waals surface area (Å²) in [6.07, 6.45) is 6.18. The Hall–Kier alpha value is -2.21. The first-order chi connectivity index (χ1) is 15.4. The molecular weight excluding hydrogens is 449 g/mol. The maximum Gasteiger partial charge on any atom is 0.339 e. The Bertz CT molecular complexity index is 1100. The van der Waals surface area contributed by atoms with Gasteiger partial charge in [-0.1, -0.05) is 41.4 Å². The normalized spacial score (nSPS) is 26.0. The Morgan fingerprint density at radius 3 is 2.91 bits per heavy atom. The average Bonchev–Trinajstić information content (AvgIpc) is 3.03. The van der Waals surface area contributed by atoms with Crippen molar-refractivity contribution in [3.63, 3.8) is 0 Å². The van der Waals surface area contributed by atoms with E-state index in [1.807, 2.05) is 6.07 Å². The number of benzene rings is 2. The fourth-order valence-corrected chi connectivity index (χ4v) is 5.68. The van der Waals surface area contributed by atoms with Crippen LogP contribution in [0.5, 0.6) is 11.5 Å². The molecule has 2 heterocycles. The maximum absolute atomic E-state index is 12.5. The van der Waals surface area contributed by atoms with Gasteiger partial charge in [-0.05, 0) is 56.3 Å². The average molecular weight is 474 g/mol. The first-order valence-corrected chi connectivity index (χ1v) is 11.5. The fraction of sp³-hybridized carbons (Fsp3) is 0.400. The fourth-order valence-electron chi connectivity index (χ4n) is 5.20. The lowest BCUT2D eigenvalue weighted by atomic mass is 9.67. The Morgan fingerprint density at radius 2 is 2.12 bits per heavy atom. The molecule has 1 aliphatic carbocycles. The summed E-state index contributed by atoms with van der Waals surface area (Å²) in [7, 11) is 3.83. The highest BCUT2D eigenvalue weighted by Crippen LogP contribution is 2.56. The van der Waals surface area contributed by atoms with Gasteiger partial charge in [0.2, 0.25) is 0 Å². The molecule has 168 valence electrons. The Balaban J connectivity index is 1.38. The molecule has 2 aromatic carbocycles. The summed E-state index contributed by atoms with van der Waals surface area (Å²) in [6, 6.07) is 8.92. The second kappa shape index (κ2) is 8.29. The van der Waals surface area contributed by atoms with Gasteiger partial charge in [-0.3, -0.25) is 0 Å². The Morgan fingerprint density at radius 1 is 1.28 bits per heavy atom. The lowest BCUT2D eigenvalue weighted by Gasteiger charge is -2.37. The van der Waals surface area contributed by atoms with Crippen molar-refractivity contribution in [3.8, 4) is 11.5 Å². The third kappa shape index (κ3) is 3.57. The number of halogens is 2. The molecule has 0 saturated heterocycles. The molecule has 0 radical (unpaired) electrons. The quantitative estimate of drug-likeness (QED) is 0.447. The third-order valence-corrected chi connectivity index (χ3v) is 7.39. The van der Waals surface area contributed by atoms with Gasteiger partial charge in [0, 0.05) is 23.0 Å². The van der Waals surface area contributed by atoms with E-state index in [1.54, 1.807) is 25.3 Å². The van der Waals surface area contributed by atoms with Crippen LogP contribution in [0.3, 0.4) is 0 Å². The Kier molecular flexibility index (Phi) is 5.60. The summed E-state index contributed by atoms with van der Waals surface area (Å²) >= 11 is 12.1. The monoisotopic (exact) mass is 473 g/mol. The second-order valence-electron chi connectivity index (χ2n) is 8.84. The second-order valence-corrected chi connectivity index (χ2v) is 9.69. The molecule has 3 atom stereocenters. The molecule has 0 amide bonds. The van der Waals surface area contributed by atoms with Crippen molar-refractivity contribution in [3.05, 3.63) is 69.2 Å². The molecule has 0 aromatic heterocycles. The van der Waals surface area contributed by atoms with E-state index in [9.17, 15) is 4.79 Å². The van der Waals surface area contributed by atoms with Gasteiger partial charge in [-0.15, -0.1) is 0 Å². The minimum atomic E-state index is -0.448. The molecule has 32 heavy (non-hydrogen) atoms. The van der Waals surface area contributed by atoms with Gasteiger partial charge in [0.1, 0.15) is 6.10 Å². The van der Waals surface area contributed by atoms with Gasteiger partial charge in [-0.25, -0.2) is 4.79 Å². The standard InChI is InChI=1S/C25H25Cl2NO4/c1-28-10-9-25-8-7-15(14-31-24(29)18-5-4-17(26)12-19(18)27)11-21(25)32-23-20(30-2)6-3-16(13-28)22(23)25/h3-8,12,15,21H,9-11,13-14H2,1-2H3. The van der Waals surface area contributed by atoms with Gasteiger partial charge >= 0.3 is 5.97 Å². The molecule has 2 aromatic rings. The zero-order valence-electron chi connectivity index (χ0n) is 18.1. The molecular formula is C25H25Cl2NO4. The molecule has 0 bridgehead atoms. The summed E-state index contributed by atoms with van der Waals surface area (Å²) in [6.45, 7) is 2.14. The third-order valence-electron chi connectivity index (χ3n) is 6.84. The van der Waals surface area contributed by atoms with Crippen LogP contribution < -0.4 is 9.47 Å². The van der Waals surface area contributed by atoms with Crippen LogP contribution >= 0.6 is 23.2 Å². The van der Waals surface area contributed by atoms with E-state index >= 15 is 0 Å².